The van der Waals surface area contributed by atoms with Crippen LogP contribution in [0.15, 0.2) is 35.8 Å². The number of thiazole rings is 1. The molecule has 0 radical (unpaired) electrons. The zero-order chi connectivity index (χ0) is 30.1. The molecule has 3 unspecified atom stereocenters. The number of aromatic nitrogens is 5. The Bertz CT molecular complexity index is 1710. The van der Waals surface area contributed by atoms with Crippen LogP contribution in [-0.2, 0) is 16.0 Å². The highest BCUT2D eigenvalue weighted by atomic mass is 32.1. The van der Waals surface area contributed by atoms with Crippen molar-refractivity contribution in [3.8, 4) is 0 Å². The number of fused-ring (bicyclic) bond motifs is 1. The molecular weight excluding hydrogens is 564 g/mol. The maximum atomic E-state index is 13.8. The summed E-state index contributed by atoms with van der Waals surface area (Å²) < 4.78 is 1.16. The number of rotatable bonds is 9. The Hall–Kier alpha value is -5.12. The minimum absolute atomic E-state index is 0.0406. The van der Waals surface area contributed by atoms with Gasteiger partial charge in [-0.15, -0.1) is 16.4 Å². The van der Waals surface area contributed by atoms with Gasteiger partial charge < -0.3 is 32.4 Å². The monoisotopic (exact) mass is 592 g/mol. The molecule has 0 bridgehead atoms. The molecule has 1 fully saturated rings. The number of benzene rings is 1. The number of piperidine rings is 1. The first-order chi connectivity index (χ1) is 20.0. The number of nitrogens with one attached hydrogen (secondary N) is 2. The highest BCUT2D eigenvalue weighted by Crippen LogP contribution is 2.30. The lowest BCUT2D eigenvalue weighted by Gasteiger charge is -2.38. The van der Waals surface area contributed by atoms with Crippen LogP contribution in [0.1, 0.15) is 60.9 Å². The average molecular weight is 593 g/mol. The fourth-order valence-electron chi connectivity index (χ4n) is 5.23. The smallest absolute Gasteiger partial charge is 0.274 e. The molecule has 5 amide bonds. The summed E-state index contributed by atoms with van der Waals surface area (Å²) in [6, 6.07) is 4.63. The third-order valence-corrected chi connectivity index (χ3v) is 8.02. The molecule has 1 aliphatic heterocycles. The van der Waals surface area contributed by atoms with Crippen molar-refractivity contribution < 1.29 is 24.0 Å². The van der Waals surface area contributed by atoms with Gasteiger partial charge in [-0.25, -0.2) is 9.67 Å². The van der Waals surface area contributed by atoms with Crippen molar-refractivity contribution >= 4 is 51.8 Å². The summed E-state index contributed by atoms with van der Waals surface area (Å²) in [6.45, 7) is 1.82. The molecule has 42 heavy (non-hydrogen) atoms. The Morgan fingerprint density at radius 3 is 2.57 bits per heavy atom. The van der Waals surface area contributed by atoms with E-state index in [0.29, 0.717) is 5.01 Å². The lowest BCUT2D eigenvalue weighted by Crippen LogP contribution is -2.57. The third kappa shape index (κ3) is 5.43. The highest BCUT2D eigenvalue weighted by Gasteiger charge is 2.41. The van der Waals surface area contributed by atoms with E-state index in [1.165, 1.54) is 16.2 Å². The summed E-state index contributed by atoms with van der Waals surface area (Å²) in [5.41, 5.74) is 17.7. The summed E-state index contributed by atoms with van der Waals surface area (Å²) in [6.07, 6.45) is 2.06. The summed E-state index contributed by atoms with van der Waals surface area (Å²) in [5.74, 6) is -3.83. The molecule has 1 aliphatic rings. The van der Waals surface area contributed by atoms with Gasteiger partial charge in [0.2, 0.25) is 11.8 Å². The van der Waals surface area contributed by atoms with E-state index in [0.717, 1.165) is 21.1 Å². The number of nitrogens with two attached hydrogens (primary N) is 3. The largest absolute Gasteiger partial charge is 0.368 e. The van der Waals surface area contributed by atoms with E-state index in [2.05, 4.69) is 25.6 Å². The molecule has 0 aliphatic carbocycles. The quantitative estimate of drug-likeness (QED) is 0.174. The first kappa shape index (κ1) is 28.4. The van der Waals surface area contributed by atoms with E-state index in [-0.39, 0.29) is 37.2 Å². The average Bonchev–Trinajstić information content (AvgIpc) is 3.70. The van der Waals surface area contributed by atoms with Gasteiger partial charge in [0, 0.05) is 35.4 Å². The van der Waals surface area contributed by atoms with Crippen LogP contribution in [0.4, 0.5) is 0 Å². The molecule has 3 aromatic heterocycles. The van der Waals surface area contributed by atoms with Gasteiger partial charge in [0.1, 0.15) is 17.8 Å². The van der Waals surface area contributed by atoms with Crippen LogP contribution in [-0.4, -0.2) is 78.0 Å². The molecule has 1 saturated heterocycles. The zero-order valence-electron chi connectivity index (χ0n) is 22.4. The van der Waals surface area contributed by atoms with Crippen LogP contribution in [0, 0.1) is 6.92 Å². The van der Waals surface area contributed by atoms with Crippen molar-refractivity contribution in [2.75, 3.05) is 6.54 Å². The highest BCUT2D eigenvalue weighted by molar-refractivity contribution is 7.09. The molecule has 0 spiro atoms. The summed E-state index contributed by atoms with van der Waals surface area (Å²) in [7, 11) is 0. The van der Waals surface area contributed by atoms with Gasteiger partial charge in [0.05, 0.1) is 11.0 Å². The number of carbonyl (C=O) groups excluding carboxylic acids is 5. The van der Waals surface area contributed by atoms with Crippen LogP contribution in [0.2, 0.25) is 0 Å². The molecule has 5 rings (SSSR count). The van der Waals surface area contributed by atoms with Crippen LogP contribution < -0.4 is 22.5 Å². The number of hydrogen-bond donors (Lipinski definition) is 5. The van der Waals surface area contributed by atoms with Gasteiger partial charge in [-0.3, -0.25) is 24.0 Å². The molecule has 4 aromatic rings. The van der Waals surface area contributed by atoms with Gasteiger partial charge in [-0.1, -0.05) is 23.4 Å². The second-order valence-corrected chi connectivity index (χ2v) is 11.0. The number of H-pyrrole nitrogens is 1. The van der Waals surface area contributed by atoms with Crippen LogP contribution in [0.25, 0.3) is 10.9 Å². The van der Waals surface area contributed by atoms with Crippen LogP contribution in [0.3, 0.4) is 0 Å². The van der Waals surface area contributed by atoms with Crippen LogP contribution in [0.5, 0.6) is 0 Å². The van der Waals surface area contributed by atoms with Gasteiger partial charge >= 0.3 is 0 Å². The topological polar surface area (TPSA) is 238 Å². The minimum Gasteiger partial charge on any atom is -0.368 e. The summed E-state index contributed by atoms with van der Waals surface area (Å²) >= 11 is 1.29. The summed E-state index contributed by atoms with van der Waals surface area (Å²) in [4.78, 5) is 72.6. The molecule has 0 saturated carbocycles. The molecule has 16 heteroatoms. The predicted octanol–water partition coefficient (Wildman–Crippen LogP) is -0.219. The van der Waals surface area contributed by atoms with Gasteiger partial charge in [-0.2, -0.15) is 0 Å². The molecule has 4 heterocycles. The Morgan fingerprint density at radius 2 is 1.90 bits per heavy atom. The van der Waals surface area contributed by atoms with Crippen molar-refractivity contribution in [3.05, 3.63) is 63.5 Å². The number of nitrogens with zero attached hydrogens (tertiary/aromatic N) is 5. The molecule has 218 valence electrons. The number of amides is 5. The second-order valence-electron chi connectivity index (χ2n) is 9.93. The lowest BCUT2D eigenvalue weighted by atomic mass is 9.95. The Kier molecular flexibility index (Phi) is 7.71. The Labute approximate surface area is 242 Å². The van der Waals surface area contributed by atoms with E-state index >= 15 is 0 Å². The van der Waals surface area contributed by atoms with E-state index in [1.807, 2.05) is 24.3 Å². The number of aromatic amines is 1. The number of likely N-dealkylation sites (tertiary alicyclic amines) is 1. The molecule has 8 N–H and O–H groups in total. The predicted molar refractivity (Wildman–Crippen MR) is 150 cm³/mol. The fraction of sp³-hybridized carbons (Fsp3) is 0.308. The van der Waals surface area contributed by atoms with Crippen molar-refractivity contribution in [3.63, 3.8) is 0 Å². The lowest BCUT2D eigenvalue weighted by molar-refractivity contribution is -0.131. The van der Waals surface area contributed by atoms with Crippen molar-refractivity contribution in [2.45, 2.75) is 44.3 Å². The Morgan fingerprint density at radius 1 is 1.14 bits per heavy atom. The van der Waals surface area contributed by atoms with E-state index < -0.39 is 53.4 Å². The van der Waals surface area contributed by atoms with Crippen molar-refractivity contribution in [1.29, 1.82) is 0 Å². The number of aryl methyl sites for hydroxylation is 1. The van der Waals surface area contributed by atoms with Gasteiger partial charge in [-0.05, 0) is 31.4 Å². The zero-order valence-corrected chi connectivity index (χ0v) is 23.3. The van der Waals surface area contributed by atoms with Crippen molar-refractivity contribution in [1.82, 2.24) is 35.2 Å². The molecular formula is C26H28N10O5S. The fourth-order valence-corrected chi connectivity index (χ4v) is 5.81. The van der Waals surface area contributed by atoms with Crippen LogP contribution >= 0.6 is 11.3 Å². The van der Waals surface area contributed by atoms with Crippen molar-refractivity contribution in [2.24, 2.45) is 17.2 Å². The second kappa shape index (κ2) is 11.4. The van der Waals surface area contributed by atoms with Gasteiger partial charge in [0.25, 0.3) is 17.7 Å². The SMILES string of the molecule is Cc1nc(C(=O)N2CCC(n3nnc(C(N)=O)c3C(N)=O)CC2C(=O)NC(Cc2c[nH]c3ccccc23)C(N)=O)cs1. The minimum atomic E-state index is -1.12. The molecule has 1 aromatic carbocycles. The normalized spacial score (nSPS) is 17.6. The molecule has 15 nitrogen and oxygen atoms in total. The maximum absolute atomic E-state index is 13.8. The summed E-state index contributed by atoms with van der Waals surface area (Å²) in [5, 5.41) is 13.5. The number of hydrogen-bond acceptors (Lipinski definition) is 9. The van der Waals surface area contributed by atoms with E-state index in [1.54, 1.807) is 18.5 Å². The first-order valence-electron chi connectivity index (χ1n) is 13.0. The molecule has 3 atom stereocenters. The first-order valence-corrected chi connectivity index (χ1v) is 13.9. The van der Waals surface area contributed by atoms with E-state index in [4.69, 9.17) is 17.2 Å². The van der Waals surface area contributed by atoms with E-state index in [9.17, 15) is 24.0 Å². The third-order valence-electron chi connectivity index (χ3n) is 7.24. The standard InChI is InChI=1S/C26H28N10O5S/c1-12-31-18(11-42-12)26(41)35-7-6-14(36-21(24(29)39)20(23(28)38)33-34-36)9-19(35)25(40)32-17(22(27)37)8-13-10-30-16-5-3-2-4-15(13)16/h2-5,10-11,14,17,19,30H,6-9H2,1H3,(H2,27,37)(H2,28,38)(H2,29,39)(H,32,40). The van der Waals surface area contributed by atoms with Gasteiger partial charge in [0.15, 0.2) is 11.4 Å². The Balaban J connectivity index is 1.45. The number of primary amides is 3. The number of carbonyl (C=O) groups is 5. The number of para-hydroxylation sites is 1. The maximum Gasteiger partial charge on any atom is 0.274 e.